The number of aromatic amines is 2. The van der Waals surface area contributed by atoms with Gasteiger partial charge in [0.25, 0.3) is 11.1 Å². The third-order valence-corrected chi connectivity index (χ3v) is 5.80. The van der Waals surface area contributed by atoms with Gasteiger partial charge in [-0.3, -0.25) is 9.59 Å². The lowest BCUT2D eigenvalue weighted by Crippen LogP contribution is -2.46. The van der Waals surface area contributed by atoms with Gasteiger partial charge in [-0.05, 0) is 35.9 Å². The van der Waals surface area contributed by atoms with Gasteiger partial charge in [0.1, 0.15) is 16.4 Å². The van der Waals surface area contributed by atoms with Crippen molar-refractivity contribution in [2.24, 2.45) is 0 Å². The first kappa shape index (κ1) is 20.4. The summed E-state index contributed by atoms with van der Waals surface area (Å²) in [4.78, 5) is 30.3. The number of ether oxygens (including phenoxy) is 1. The lowest BCUT2D eigenvalue weighted by molar-refractivity contribution is 0.415. The van der Waals surface area contributed by atoms with E-state index in [0.717, 1.165) is 15.8 Å². The van der Waals surface area contributed by atoms with Gasteiger partial charge in [-0.1, -0.05) is 30.3 Å². The molecule has 0 atom stereocenters. The van der Waals surface area contributed by atoms with E-state index in [1.807, 2.05) is 0 Å². The first-order chi connectivity index (χ1) is 14.8. The monoisotopic (exact) mass is 437 g/mol. The number of nitrogens with one attached hydrogen (secondary N) is 2. The predicted octanol–water partition coefficient (Wildman–Crippen LogP) is 0.492. The summed E-state index contributed by atoms with van der Waals surface area (Å²) in [5.41, 5.74) is 0.715. The number of hydrogen-bond donors (Lipinski definition) is 2. The van der Waals surface area contributed by atoms with E-state index in [9.17, 15) is 18.0 Å². The van der Waals surface area contributed by atoms with Gasteiger partial charge in [0.05, 0.1) is 18.9 Å². The van der Waals surface area contributed by atoms with Crippen molar-refractivity contribution < 1.29 is 13.2 Å². The van der Waals surface area contributed by atoms with E-state index in [-0.39, 0.29) is 10.7 Å². The zero-order valence-electron chi connectivity index (χ0n) is 16.7. The maximum absolute atomic E-state index is 12.6. The van der Waals surface area contributed by atoms with Crippen LogP contribution in [-0.4, -0.2) is 35.7 Å². The molecule has 0 unspecified atom stereocenters. The Balaban J connectivity index is 1.87. The highest BCUT2D eigenvalue weighted by Crippen LogP contribution is 2.23. The molecule has 0 saturated carbocycles. The lowest BCUT2D eigenvalue weighted by atomic mass is 10.1. The molecule has 0 bridgehead atoms. The minimum absolute atomic E-state index is 0.0216. The Hall–Kier alpha value is -3.85. The van der Waals surface area contributed by atoms with Crippen LogP contribution in [0.4, 0.5) is 0 Å². The number of para-hydroxylation sites is 1. The van der Waals surface area contributed by atoms with Crippen molar-refractivity contribution in [3.05, 3.63) is 97.3 Å². The first-order valence-electron chi connectivity index (χ1n) is 9.27. The Bertz CT molecular complexity index is 1630. The highest BCUT2D eigenvalue weighted by atomic mass is 32.2. The summed E-state index contributed by atoms with van der Waals surface area (Å²) in [6.45, 7) is 0. The Morgan fingerprint density at radius 1 is 0.903 bits per heavy atom. The highest BCUT2D eigenvalue weighted by Gasteiger charge is 2.13. The predicted molar refractivity (Wildman–Crippen MR) is 119 cm³/mol. The molecule has 2 heterocycles. The van der Waals surface area contributed by atoms with Gasteiger partial charge in [-0.25, -0.2) is 12.4 Å². The van der Waals surface area contributed by atoms with E-state index in [0.29, 0.717) is 22.2 Å². The summed E-state index contributed by atoms with van der Waals surface area (Å²) in [5, 5.41) is 0.765. The average molecular weight is 437 g/mol. The van der Waals surface area contributed by atoms with Crippen LogP contribution in [0.1, 0.15) is 11.1 Å². The molecule has 0 aliphatic heterocycles. The van der Waals surface area contributed by atoms with E-state index in [1.54, 1.807) is 61.7 Å². The van der Waals surface area contributed by atoms with Gasteiger partial charge in [-0.15, -0.1) is 0 Å². The molecule has 0 spiro atoms. The van der Waals surface area contributed by atoms with Crippen LogP contribution in [0.15, 0.2) is 64.3 Å². The van der Waals surface area contributed by atoms with E-state index in [1.165, 1.54) is 12.3 Å². The van der Waals surface area contributed by atoms with E-state index < -0.39 is 21.1 Å². The number of methoxy groups -OCH3 is 1. The smallest absolute Gasteiger partial charge is 0.272 e. The van der Waals surface area contributed by atoms with E-state index in [4.69, 9.17) is 4.74 Å². The fourth-order valence-electron chi connectivity index (χ4n) is 3.28. The van der Waals surface area contributed by atoms with Crippen LogP contribution >= 0.6 is 0 Å². The number of rotatable bonds is 4. The van der Waals surface area contributed by atoms with Crippen LogP contribution in [0.2, 0.25) is 0 Å². The third-order valence-electron chi connectivity index (χ3n) is 4.78. The molecule has 4 aromatic rings. The Kier molecular flexibility index (Phi) is 5.12. The Labute approximate surface area is 176 Å². The molecule has 2 aromatic carbocycles. The largest absolute Gasteiger partial charge is 0.497 e. The standard InChI is InChI=1S/C22H19N3O5S/c1-30-16-9-7-14(8-10-16)11-18-21(26)24-19(22(27)23-18)12-15-13-25(31(2,28)29)20-6-4-3-5-17(15)20/h3-13H,1-2H3,(H,23,27)(H,24,26). The Morgan fingerprint density at radius 3 is 2.13 bits per heavy atom. The van der Waals surface area contributed by atoms with Crippen LogP contribution < -0.4 is 26.6 Å². The zero-order chi connectivity index (χ0) is 22.2. The van der Waals surface area contributed by atoms with Crippen molar-refractivity contribution >= 4 is 33.1 Å². The maximum Gasteiger partial charge on any atom is 0.272 e. The molecule has 0 aliphatic carbocycles. The summed E-state index contributed by atoms with van der Waals surface area (Å²) in [5.74, 6) is 0.678. The molecule has 9 heteroatoms. The van der Waals surface area contributed by atoms with Gasteiger partial charge in [0.15, 0.2) is 0 Å². The normalized spacial score (nSPS) is 13.1. The van der Waals surface area contributed by atoms with Crippen molar-refractivity contribution in [3.8, 4) is 5.75 Å². The van der Waals surface area contributed by atoms with Crippen molar-refractivity contribution in [1.29, 1.82) is 0 Å². The molecule has 4 rings (SSSR count). The van der Waals surface area contributed by atoms with Crippen molar-refractivity contribution in [2.75, 3.05) is 13.4 Å². The molecule has 8 nitrogen and oxygen atoms in total. The molecule has 0 radical (unpaired) electrons. The lowest BCUT2D eigenvalue weighted by Gasteiger charge is -2.00. The van der Waals surface area contributed by atoms with Gasteiger partial charge < -0.3 is 14.7 Å². The van der Waals surface area contributed by atoms with Crippen LogP contribution in [0.5, 0.6) is 5.75 Å². The zero-order valence-corrected chi connectivity index (χ0v) is 17.6. The summed E-state index contributed by atoms with van der Waals surface area (Å²) >= 11 is 0. The van der Waals surface area contributed by atoms with Crippen LogP contribution in [0.3, 0.4) is 0 Å². The van der Waals surface area contributed by atoms with E-state index >= 15 is 0 Å². The molecule has 0 amide bonds. The van der Waals surface area contributed by atoms with Gasteiger partial charge >= 0.3 is 0 Å². The second kappa shape index (κ2) is 7.77. The molecule has 0 fully saturated rings. The third kappa shape index (κ3) is 4.08. The highest BCUT2D eigenvalue weighted by molar-refractivity contribution is 7.89. The summed E-state index contributed by atoms with van der Waals surface area (Å²) in [6, 6.07) is 13.9. The fraction of sp³-hybridized carbons (Fsp3) is 0.0909. The number of aromatic nitrogens is 3. The molecular formula is C22H19N3O5S. The second-order valence-corrected chi connectivity index (χ2v) is 8.82. The minimum Gasteiger partial charge on any atom is -0.497 e. The first-order valence-corrected chi connectivity index (χ1v) is 11.1. The summed E-state index contributed by atoms with van der Waals surface area (Å²) < 4.78 is 30.5. The molecule has 2 aromatic heterocycles. The summed E-state index contributed by atoms with van der Waals surface area (Å²) in [6.07, 6.45) is 5.54. The van der Waals surface area contributed by atoms with Crippen LogP contribution in [-0.2, 0) is 10.0 Å². The van der Waals surface area contributed by atoms with Gasteiger partial charge in [0, 0.05) is 17.1 Å². The Morgan fingerprint density at radius 2 is 1.52 bits per heavy atom. The van der Waals surface area contributed by atoms with Crippen molar-refractivity contribution in [1.82, 2.24) is 13.9 Å². The number of fused-ring (bicyclic) bond motifs is 1. The summed E-state index contributed by atoms with van der Waals surface area (Å²) in [7, 11) is -1.98. The SMILES string of the molecule is COc1ccc(C=c2[nH]c(=O)c(=Cc3cn(S(C)(=O)=O)c4ccccc34)[nH]c2=O)cc1. The van der Waals surface area contributed by atoms with Crippen LogP contribution in [0, 0.1) is 0 Å². The molecular weight excluding hydrogens is 418 g/mol. The molecule has 158 valence electrons. The van der Waals surface area contributed by atoms with Gasteiger partial charge in [-0.2, -0.15) is 0 Å². The average Bonchev–Trinajstić information content (AvgIpc) is 3.11. The van der Waals surface area contributed by atoms with E-state index in [2.05, 4.69) is 9.97 Å². The number of hydrogen-bond acceptors (Lipinski definition) is 5. The minimum atomic E-state index is -3.54. The van der Waals surface area contributed by atoms with Crippen LogP contribution in [0.25, 0.3) is 23.1 Å². The number of nitrogens with zero attached hydrogens (tertiary/aromatic N) is 1. The van der Waals surface area contributed by atoms with Gasteiger partial charge in [0.2, 0.25) is 10.0 Å². The molecule has 31 heavy (non-hydrogen) atoms. The maximum atomic E-state index is 12.6. The topological polar surface area (TPSA) is 114 Å². The number of benzene rings is 2. The fourth-order valence-corrected chi connectivity index (χ4v) is 4.10. The quantitative estimate of drug-likeness (QED) is 0.482. The molecule has 0 aliphatic rings. The number of H-pyrrole nitrogens is 2. The molecule has 2 N–H and O–H groups in total. The van der Waals surface area contributed by atoms with Crippen molar-refractivity contribution in [2.45, 2.75) is 0 Å². The molecule has 0 saturated heterocycles. The second-order valence-electron chi connectivity index (χ2n) is 6.96. The van der Waals surface area contributed by atoms with Crippen molar-refractivity contribution in [3.63, 3.8) is 0 Å².